The number of nitrogens with two attached hydrogens (primary N) is 1. The average molecular weight is 620 g/mol. The second-order valence-electron chi connectivity index (χ2n) is 10.5. The third-order valence-electron chi connectivity index (χ3n) is 7.27. The lowest BCUT2D eigenvalue weighted by atomic mass is 9.92. The van der Waals surface area contributed by atoms with Gasteiger partial charge in [0.1, 0.15) is 4.90 Å². The number of rotatable bonds is 8. The number of anilines is 2. The Bertz CT molecular complexity index is 1700. The van der Waals surface area contributed by atoms with E-state index in [-0.39, 0.29) is 29.1 Å². The van der Waals surface area contributed by atoms with Crippen LogP contribution in [0.4, 0.5) is 28.4 Å². The van der Waals surface area contributed by atoms with Gasteiger partial charge in [0.2, 0.25) is 0 Å². The van der Waals surface area contributed by atoms with Gasteiger partial charge >= 0.3 is 6.36 Å². The maximum absolute atomic E-state index is 14.6. The molecule has 6 nitrogen and oxygen atoms in total. The predicted octanol–water partition coefficient (Wildman–Crippen LogP) is 8.30. The maximum atomic E-state index is 14.6. The predicted molar refractivity (Wildman–Crippen MR) is 156 cm³/mol. The van der Waals surface area contributed by atoms with Gasteiger partial charge in [0.25, 0.3) is 10.0 Å². The highest BCUT2D eigenvalue weighted by Crippen LogP contribution is 2.44. The van der Waals surface area contributed by atoms with Crippen LogP contribution in [-0.2, 0) is 14.8 Å². The lowest BCUT2D eigenvalue weighted by molar-refractivity contribution is -0.341. The van der Waals surface area contributed by atoms with Crippen LogP contribution in [0.2, 0.25) is 0 Å². The molecular formula is C30H29F4N3O3S2. The fourth-order valence-corrected chi connectivity index (χ4v) is 7.66. The van der Waals surface area contributed by atoms with Crippen molar-refractivity contribution in [2.75, 3.05) is 10.5 Å². The molecule has 1 aliphatic carbocycles. The van der Waals surface area contributed by atoms with Gasteiger partial charge in [-0.2, -0.15) is 0 Å². The highest BCUT2D eigenvalue weighted by atomic mass is 32.2. The minimum Gasteiger partial charge on any atom is -0.396 e. The molecule has 2 atom stereocenters. The van der Waals surface area contributed by atoms with Crippen molar-refractivity contribution in [3.05, 3.63) is 83.7 Å². The molecule has 3 aromatic carbocycles. The highest BCUT2D eigenvalue weighted by molar-refractivity contribution is 7.93. The van der Waals surface area contributed by atoms with Crippen LogP contribution in [0, 0.1) is 5.82 Å². The van der Waals surface area contributed by atoms with Crippen molar-refractivity contribution < 1.29 is 30.7 Å². The third kappa shape index (κ3) is 6.45. The smallest absolute Gasteiger partial charge is 0.396 e. The van der Waals surface area contributed by atoms with E-state index >= 15 is 0 Å². The molecule has 0 saturated heterocycles. The second-order valence-corrected chi connectivity index (χ2v) is 13.2. The molecule has 1 saturated carbocycles. The van der Waals surface area contributed by atoms with Crippen LogP contribution in [0.3, 0.4) is 0 Å². The monoisotopic (exact) mass is 619 g/mol. The molecule has 3 N–H and O–H groups in total. The van der Waals surface area contributed by atoms with E-state index in [1.165, 1.54) is 12.1 Å². The Kier molecular flexibility index (Phi) is 8.32. The summed E-state index contributed by atoms with van der Waals surface area (Å²) < 4.78 is 86.0. The van der Waals surface area contributed by atoms with Gasteiger partial charge in [0.15, 0.2) is 10.9 Å². The van der Waals surface area contributed by atoms with Gasteiger partial charge in [-0.3, -0.25) is 9.46 Å². The quantitative estimate of drug-likeness (QED) is 0.153. The molecule has 0 aliphatic heterocycles. The van der Waals surface area contributed by atoms with E-state index in [1.807, 2.05) is 62.4 Å². The number of sulfonamides is 1. The van der Waals surface area contributed by atoms with Crippen LogP contribution in [-0.4, -0.2) is 25.9 Å². The van der Waals surface area contributed by atoms with Gasteiger partial charge in [-0.15, -0.1) is 13.2 Å². The number of aromatic nitrogens is 1. The van der Waals surface area contributed by atoms with Crippen LogP contribution >= 0.6 is 11.3 Å². The Morgan fingerprint density at radius 1 is 1.05 bits per heavy atom. The molecule has 42 heavy (non-hydrogen) atoms. The maximum Gasteiger partial charge on any atom is 0.522 e. The fourth-order valence-electron chi connectivity index (χ4n) is 5.34. The van der Waals surface area contributed by atoms with Crippen LogP contribution in [0.25, 0.3) is 21.7 Å². The summed E-state index contributed by atoms with van der Waals surface area (Å²) >= 11 is 1.09. The van der Waals surface area contributed by atoms with Crippen LogP contribution in [0.15, 0.2) is 71.6 Å². The number of nitrogen functional groups attached to an aromatic ring is 1. The molecule has 0 amide bonds. The molecule has 1 fully saturated rings. The zero-order chi connectivity index (χ0) is 30.2. The largest absolute Gasteiger partial charge is 0.522 e. The lowest BCUT2D eigenvalue weighted by Crippen LogP contribution is -2.21. The van der Waals surface area contributed by atoms with Crippen molar-refractivity contribution in [1.82, 2.24) is 4.98 Å². The van der Waals surface area contributed by atoms with Crippen molar-refractivity contribution in [1.29, 1.82) is 0 Å². The zero-order valence-corrected chi connectivity index (χ0v) is 24.4. The summed E-state index contributed by atoms with van der Waals surface area (Å²) in [4.78, 5) is 4.74. The molecule has 0 bridgehead atoms. The number of alkyl halides is 3. The summed E-state index contributed by atoms with van der Waals surface area (Å²) in [5.74, 6) is -1.04. The fraction of sp³-hybridized carbons (Fsp3) is 0.300. The van der Waals surface area contributed by atoms with Crippen molar-refractivity contribution >= 4 is 32.2 Å². The van der Waals surface area contributed by atoms with Crippen molar-refractivity contribution in [2.24, 2.45) is 0 Å². The van der Waals surface area contributed by atoms with E-state index in [0.717, 1.165) is 39.7 Å². The van der Waals surface area contributed by atoms with E-state index in [9.17, 15) is 26.0 Å². The zero-order valence-electron chi connectivity index (χ0n) is 22.8. The Morgan fingerprint density at radius 3 is 2.52 bits per heavy atom. The number of halogens is 4. The number of hydrogen-bond donors (Lipinski definition) is 2. The normalized spacial score (nSPS) is 17.6. The van der Waals surface area contributed by atoms with Gasteiger partial charge in [0.05, 0.1) is 22.4 Å². The number of ether oxygens (including phenoxy) is 1. The van der Waals surface area contributed by atoms with E-state index in [1.54, 1.807) is 0 Å². The molecule has 222 valence electrons. The molecule has 0 unspecified atom stereocenters. The van der Waals surface area contributed by atoms with Gasteiger partial charge < -0.3 is 5.73 Å². The summed E-state index contributed by atoms with van der Waals surface area (Å²) in [6.07, 6.45) is -4.49. The van der Waals surface area contributed by atoms with Crippen LogP contribution in [0.1, 0.15) is 56.1 Å². The van der Waals surface area contributed by atoms with Crippen molar-refractivity contribution in [3.63, 3.8) is 0 Å². The van der Waals surface area contributed by atoms with E-state index in [4.69, 9.17) is 5.73 Å². The van der Waals surface area contributed by atoms with Crippen molar-refractivity contribution in [2.45, 2.75) is 62.3 Å². The van der Waals surface area contributed by atoms with Crippen LogP contribution < -0.4 is 10.5 Å². The average Bonchev–Trinajstić information content (AvgIpc) is 3.56. The van der Waals surface area contributed by atoms with Crippen LogP contribution in [0.5, 0.6) is 0 Å². The number of hydrogen-bond acceptors (Lipinski definition) is 6. The minimum absolute atomic E-state index is 0.0327. The van der Waals surface area contributed by atoms with Crippen molar-refractivity contribution in [3.8, 4) is 21.7 Å². The minimum atomic E-state index is -4.68. The Balaban J connectivity index is 1.56. The molecule has 1 aliphatic rings. The first-order valence-corrected chi connectivity index (χ1v) is 15.6. The second kappa shape index (κ2) is 11.7. The Morgan fingerprint density at radius 2 is 1.79 bits per heavy atom. The molecule has 4 aromatic rings. The Labute approximate surface area is 245 Å². The molecular weight excluding hydrogens is 590 g/mol. The first kappa shape index (κ1) is 30.0. The van der Waals surface area contributed by atoms with Gasteiger partial charge in [-0.25, -0.2) is 17.8 Å². The summed E-state index contributed by atoms with van der Waals surface area (Å²) in [5, 5.41) is 0.0327. The van der Waals surface area contributed by atoms with E-state index in [2.05, 4.69) is 14.4 Å². The lowest BCUT2D eigenvalue weighted by Gasteiger charge is -2.15. The first-order chi connectivity index (χ1) is 19.8. The Hall–Kier alpha value is -3.48. The molecule has 1 aromatic heterocycles. The number of thiazole rings is 1. The summed E-state index contributed by atoms with van der Waals surface area (Å²) in [7, 11) is -4.37. The van der Waals surface area contributed by atoms with E-state index < -0.39 is 33.2 Å². The SMILES string of the molecule is CC(C)c1ccccc1-c1nc(NS(=O)(=O)c2cccc(N)c2F)sc1-c1cccc([C@H]2CC[C@@H](OC(F)(F)F)C2)c1. The summed E-state index contributed by atoms with van der Waals surface area (Å²) in [6, 6.07) is 18.9. The number of benzene rings is 3. The molecule has 0 spiro atoms. The standard InChI is InChI=1S/C30H29F4N3O3S2/c1-17(2)22-9-3-4-10-23(22)27-28(41-29(36-27)37-42(38,39)25-12-6-11-24(35)26(25)31)20-8-5-7-18(15-20)19-13-14-21(16-19)40-30(32,33)34/h3-12,15,17,19,21H,13-14,16,35H2,1-2H3,(H,36,37)/t19-,21+/m0/s1. The van der Waals surface area contributed by atoms with Gasteiger partial charge in [-0.1, -0.05) is 73.7 Å². The molecule has 5 rings (SSSR count). The summed E-state index contributed by atoms with van der Waals surface area (Å²) in [6.45, 7) is 4.08. The van der Waals surface area contributed by atoms with E-state index in [0.29, 0.717) is 23.4 Å². The topological polar surface area (TPSA) is 94.3 Å². The number of nitrogens with zero attached hydrogens (tertiary/aromatic N) is 1. The molecule has 12 heteroatoms. The summed E-state index contributed by atoms with van der Waals surface area (Å²) in [5.41, 5.74) is 9.25. The first-order valence-electron chi connectivity index (χ1n) is 13.3. The number of nitrogens with one attached hydrogen (secondary N) is 1. The third-order valence-corrected chi connectivity index (χ3v) is 9.78. The van der Waals surface area contributed by atoms with Gasteiger partial charge in [-0.05, 0) is 66.0 Å². The molecule has 1 heterocycles. The molecule has 0 radical (unpaired) electrons. The van der Waals surface area contributed by atoms with Gasteiger partial charge in [0, 0.05) is 5.56 Å². The highest BCUT2D eigenvalue weighted by Gasteiger charge is 2.37.